The number of amides is 1. The Hall–Kier alpha value is -1.59. The highest BCUT2D eigenvalue weighted by atomic mass is 35.5. The number of rotatable bonds is 3. The van der Waals surface area contributed by atoms with Crippen LogP contribution in [0.4, 0.5) is 0 Å². The zero-order valence-corrected chi connectivity index (χ0v) is 13.1. The van der Waals surface area contributed by atoms with Gasteiger partial charge in [0.2, 0.25) is 0 Å². The molecule has 1 unspecified atom stereocenters. The summed E-state index contributed by atoms with van der Waals surface area (Å²) in [6.45, 7) is 1.87. The van der Waals surface area contributed by atoms with E-state index in [1.807, 2.05) is 31.2 Å². The summed E-state index contributed by atoms with van der Waals surface area (Å²) in [5.41, 5.74) is 2.37. The molecule has 21 heavy (non-hydrogen) atoms. The highest BCUT2D eigenvalue weighted by molar-refractivity contribution is 7.80. The predicted molar refractivity (Wildman–Crippen MR) is 86.9 cm³/mol. The second-order valence-corrected chi connectivity index (χ2v) is 6.22. The van der Waals surface area contributed by atoms with Gasteiger partial charge in [-0.15, -0.1) is 0 Å². The normalized spacial score (nSPS) is 21.6. The Morgan fingerprint density at radius 3 is 2.86 bits per heavy atom. The second-order valence-electron chi connectivity index (χ2n) is 5.37. The number of nitrogens with one attached hydrogen (secondary N) is 3. The number of thiocarbonyl (C=S) groups is 1. The minimum atomic E-state index is -0.281. The van der Waals surface area contributed by atoms with Gasteiger partial charge in [0.15, 0.2) is 5.11 Å². The van der Waals surface area contributed by atoms with Crippen LogP contribution in [0.2, 0.25) is 5.02 Å². The maximum atomic E-state index is 12.5. The van der Waals surface area contributed by atoms with Gasteiger partial charge in [0.05, 0.1) is 11.6 Å². The van der Waals surface area contributed by atoms with Gasteiger partial charge >= 0.3 is 0 Å². The molecule has 3 N–H and O–H groups in total. The Kier molecular flexibility index (Phi) is 3.87. The quantitative estimate of drug-likeness (QED) is 0.748. The zero-order chi connectivity index (χ0) is 15.0. The Labute approximate surface area is 133 Å². The molecule has 1 aliphatic carbocycles. The van der Waals surface area contributed by atoms with Crippen molar-refractivity contribution in [2.45, 2.75) is 31.8 Å². The van der Waals surface area contributed by atoms with E-state index in [4.69, 9.17) is 23.8 Å². The first-order chi connectivity index (χ1) is 10.0. The molecule has 0 bridgehead atoms. The number of hydrogen-bond acceptors (Lipinski definition) is 2. The summed E-state index contributed by atoms with van der Waals surface area (Å²) >= 11 is 11.3. The van der Waals surface area contributed by atoms with Crippen molar-refractivity contribution in [1.82, 2.24) is 16.0 Å². The molecule has 1 aliphatic heterocycles. The molecule has 0 radical (unpaired) electrons. The largest absolute Gasteiger partial charge is 0.351 e. The first-order valence-corrected chi connectivity index (χ1v) is 7.68. The first kappa shape index (κ1) is 14.4. The number of hydrogen-bond donors (Lipinski definition) is 3. The van der Waals surface area contributed by atoms with Gasteiger partial charge in [0.25, 0.3) is 5.91 Å². The number of carbonyl (C=O) groups is 1. The van der Waals surface area contributed by atoms with E-state index in [9.17, 15) is 4.79 Å². The van der Waals surface area contributed by atoms with Gasteiger partial charge in [-0.2, -0.15) is 0 Å². The lowest BCUT2D eigenvalue weighted by Crippen LogP contribution is -2.47. The Balaban J connectivity index is 1.96. The average Bonchev–Trinajstić information content (AvgIpc) is 3.21. The SMILES string of the molecule is CC1=C(C(=O)NC2CC2)C(c2cccc(Cl)c2)NC(=S)N1. The van der Waals surface area contributed by atoms with Crippen LogP contribution in [0.15, 0.2) is 35.5 Å². The lowest BCUT2D eigenvalue weighted by atomic mass is 9.95. The fourth-order valence-electron chi connectivity index (χ4n) is 2.42. The summed E-state index contributed by atoms with van der Waals surface area (Å²) < 4.78 is 0. The van der Waals surface area contributed by atoms with E-state index in [0.29, 0.717) is 21.8 Å². The number of allylic oxidation sites excluding steroid dienone is 1. The van der Waals surface area contributed by atoms with Crippen molar-refractivity contribution in [2.75, 3.05) is 0 Å². The molecular weight excluding hydrogens is 306 g/mol. The van der Waals surface area contributed by atoms with Gasteiger partial charge in [-0.25, -0.2) is 0 Å². The first-order valence-electron chi connectivity index (χ1n) is 6.89. The molecule has 1 aromatic carbocycles. The fraction of sp³-hybridized carbons (Fsp3) is 0.333. The van der Waals surface area contributed by atoms with Crippen molar-refractivity contribution in [2.24, 2.45) is 0 Å². The molecule has 1 heterocycles. The molecule has 0 aromatic heterocycles. The van der Waals surface area contributed by atoms with Crippen molar-refractivity contribution >= 4 is 34.8 Å². The molecule has 2 aliphatic rings. The van der Waals surface area contributed by atoms with Crippen molar-refractivity contribution < 1.29 is 4.79 Å². The van der Waals surface area contributed by atoms with Gasteiger partial charge in [-0.3, -0.25) is 4.79 Å². The smallest absolute Gasteiger partial charge is 0.251 e. The van der Waals surface area contributed by atoms with Crippen molar-refractivity contribution in [3.63, 3.8) is 0 Å². The van der Waals surface area contributed by atoms with E-state index >= 15 is 0 Å². The molecule has 0 spiro atoms. The van der Waals surface area contributed by atoms with Gasteiger partial charge in [-0.1, -0.05) is 23.7 Å². The van der Waals surface area contributed by atoms with Crippen LogP contribution >= 0.6 is 23.8 Å². The van der Waals surface area contributed by atoms with E-state index in [1.54, 1.807) is 0 Å². The average molecular weight is 322 g/mol. The van der Waals surface area contributed by atoms with Crippen LogP contribution in [0, 0.1) is 0 Å². The van der Waals surface area contributed by atoms with Crippen LogP contribution in [0.5, 0.6) is 0 Å². The molecule has 1 saturated carbocycles. The van der Waals surface area contributed by atoms with E-state index in [-0.39, 0.29) is 11.9 Å². The van der Waals surface area contributed by atoms with Gasteiger partial charge < -0.3 is 16.0 Å². The summed E-state index contributed by atoms with van der Waals surface area (Å²) in [7, 11) is 0. The molecule has 1 aromatic rings. The lowest BCUT2D eigenvalue weighted by molar-refractivity contribution is -0.118. The number of carbonyl (C=O) groups excluding carboxylic acids is 1. The standard InChI is InChI=1S/C15H16ClN3OS/c1-8-12(14(20)18-11-5-6-11)13(19-15(21)17-8)9-3-2-4-10(16)7-9/h2-4,7,11,13H,5-6H2,1H3,(H,18,20)(H2,17,19,21). The number of benzene rings is 1. The highest BCUT2D eigenvalue weighted by Crippen LogP contribution is 2.29. The van der Waals surface area contributed by atoms with E-state index < -0.39 is 0 Å². The van der Waals surface area contributed by atoms with Gasteiger partial charge in [0.1, 0.15) is 0 Å². The summed E-state index contributed by atoms with van der Waals surface area (Å²) in [6, 6.07) is 7.50. The Bertz CT molecular complexity index is 640. The summed E-state index contributed by atoms with van der Waals surface area (Å²) in [4.78, 5) is 12.5. The second kappa shape index (κ2) is 5.66. The third-order valence-electron chi connectivity index (χ3n) is 3.61. The Morgan fingerprint density at radius 2 is 2.19 bits per heavy atom. The minimum absolute atomic E-state index is 0.0533. The van der Waals surface area contributed by atoms with Crippen LogP contribution in [0.3, 0.4) is 0 Å². The Morgan fingerprint density at radius 1 is 1.43 bits per heavy atom. The van der Waals surface area contributed by atoms with Crippen molar-refractivity contribution in [3.05, 3.63) is 46.1 Å². The zero-order valence-electron chi connectivity index (χ0n) is 11.6. The van der Waals surface area contributed by atoms with Crippen molar-refractivity contribution in [1.29, 1.82) is 0 Å². The molecule has 110 valence electrons. The van der Waals surface area contributed by atoms with E-state index in [1.165, 1.54) is 0 Å². The molecular formula is C15H16ClN3OS. The van der Waals surface area contributed by atoms with Gasteiger partial charge in [-0.05, 0) is 49.7 Å². The predicted octanol–water partition coefficient (Wildman–Crippen LogP) is 2.41. The van der Waals surface area contributed by atoms with Crippen LogP contribution in [0.25, 0.3) is 0 Å². The third kappa shape index (κ3) is 3.19. The van der Waals surface area contributed by atoms with E-state index in [0.717, 1.165) is 24.1 Å². The lowest BCUT2D eigenvalue weighted by Gasteiger charge is -2.30. The van der Waals surface area contributed by atoms with Crippen molar-refractivity contribution in [3.8, 4) is 0 Å². The van der Waals surface area contributed by atoms with Crippen LogP contribution in [-0.2, 0) is 4.79 Å². The molecule has 3 rings (SSSR count). The van der Waals surface area contributed by atoms with Crippen LogP contribution in [-0.4, -0.2) is 17.1 Å². The summed E-state index contributed by atoms with van der Waals surface area (Å²) in [6.07, 6.45) is 2.11. The number of halogens is 1. The molecule has 6 heteroatoms. The van der Waals surface area contributed by atoms with E-state index in [2.05, 4.69) is 16.0 Å². The molecule has 0 saturated heterocycles. The van der Waals surface area contributed by atoms with Crippen LogP contribution in [0.1, 0.15) is 31.4 Å². The molecule has 1 atom stereocenters. The highest BCUT2D eigenvalue weighted by Gasteiger charge is 2.32. The maximum Gasteiger partial charge on any atom is 0.251 e. The fourth-order valence-corrected chi connectivity index (χ4v) is 2.89. The van der Waals surface area contributed by atoms with Gasteiger partial charge in [0, 0.05) is 16.8 Å². The molecule has 1 amide bonds. The maximum absolute atomic E-state index is 12.5. The molecule has 4 nitrogen and oxygen atoms in total. The topological polar surface area (TPSA) is 53.2 Å². The monoisotopic (exact) mass is 321 g/mol. The molecule has 1 fully saturated rings. The summed E-state index contributed by atoms with van der Waals surface area (Å²) in [5.74, 6) is -0.0533. The third-order valence-corrected chi connectivity index (χ3v) is 4.06. The minimum Gasteiger partial charge on any atom is -0.351 e. The summed E-state index contributed by atoms with van der Waals surface area (Å²) in [5, 5.41) is 10.4. The van der Waals surface area contributed by atoms with Crippen LogP contribution < -0.4 is 16.0 Å².